The van der Waals surface area contributed by atoms with Gasteiger partial charge in [-0.3, -0.25) is 14.9 Å². The van der Waals surface area contributed by atoms with Crippen molar-refractivity contribution in [3.05, 3.63) is 39.2 Å². The Hall–Kier alpha value is -2.75. The first-order chi connectivity index (χ1) is 10.1. The quantitative estimate of drug-likeness (QED) is 0.493. The molecule has 0 aliphatic rings. The van der Waals surface area contributed by atoms with Gasteiger partial charge in [-0.25, -0.2) is 10.4 Å². The van der Waals surface area contributed by atoms with Gasteiger partial charge in [-0.1, -0.05) is 11.3 Å². The molecule has 0 fully saturated rings. The lowest BCUT2D eigenvalue weighted by atomic mass is 10.5. The molecular formula is C11H10N4O5S. The largest absolute Gasteiger partial charge is 0.464 e. The van der Waals surface area contributed by atoms with Gasteiger partial charge < -0.3 is 9.15 Å². The molecule has 2 rings (SSSR count). The highest BCUT2D eigenvalue weighted by Gasteiger charge is 2.13. The number of hydrazone groups is 1. The van der Waals surface area contributed by atoms with Crippen molar-refractivity contribution < 1.29 is 18.9 Å². The molecule has 0 radical (unpaired) electrons. The van der Waals surface area contributed by atoms with Crippen molar-refractivity contribution in [2.45, 2.75) is 6.92 Å². The number of thiophene rings is 1. The van der Waals surface area contributed by atoms with E-state index in [9.17, 15) is 14.9 Å². The molecule has 9 nitrogen and oxygen atoms in total. The maximum Gasteiger partial charge on any atom is 0.327 e. The van der Waals surface area contributed by atoms with E-state index in [1.807, 2.05) is 0 Å². The Kier molecular flexibility index (Phi) is 4.61. The number of carbonyl (C=O) groups excluding carboxylic acids is 1. The number of nitrogens with one attached hydrogen (secondary N) is 1. The smallest absolute Gasteiger partial charge is 0.327 e. The van der Waals surface area contributed by atoms with Crippen molar-refractivity contribution in [3.8, 4) is 5.95 Å². The van der Waals surface area contributed by atoms with Gasteiger partial charge >= 0.3 is 16.9 Å². The lowest BCUT2D eigenvalue weighted by molar-refractivity contribution is -0.380. The second-order valence-electron chi connectivity index (χ2n) is 3.55. The lowest BCUT2D eigenvalue weighted by Crippen LogP contribution is -2.17. The minimum atomic E-state index is -0.650. The molecule has 0 saturated heterocycles. The normalized spacial score (nSPS) is 10.7. The number of rotatable bonds is 6. The zero-order valence-corrected chi connectivity index (χ0v) is 11.6. The Bertz CT molecular complexity index is 678. The van der Waals surface area contributed by atoms with Gasteiger partial charge in [0.1, 0.15) is 6.20 Å². The maximum atomic E-state index is 11.6. The minimum Gasteiger partial charge on any atom is -0.464 e. The topological polar surface area (TPSA) is 120 Å². The zero-order valence-electron chi connectivity index (χ0n) is 10.8. The highest BCUT2D eigenvalue weighted by Crippen LogP contribution is 2.22. The Morgan fingerprint density at radius 3 is 3.14 bits per heavy atom. The Morgan fingerprint density at radius 2 is 2.48 bits per heavy atom. The molecule has 0 saturated carbocycles. The molecule has 1 amide bonds. The van der Waals surface area contributed by atoms with E-state index < -0.39 is 10.8 Å². The molecule has 2 aromatic heterocycles. The summed E-state index contributed by atoms with van der Waals surface area (Å²) in [6.07, 6.45) is 2.58. The molecule has 0 aliphatic carbocycles. The third-order valence-electron chi connectivity index (χ3n) is 2.12. The van der Waals surface area contributed by atoms with Gasteiger partial charge in [0, 0.05) is 6.07 Å². The third kappa shape index (κ3) is 3.86. The average Bonchev–Trinajstić information content (AvgIpc) is 3.08. The minimum absolute atomic E-state index is 0.00293. The SMILES string of the molecule is CCOc1cnc(C(=O)NN=Cc2ccc([N+](=O)[O-])s2)o1. The van der Waals surface area contributed by atoms with Crippen LogP contribution in [0.4, 0.5) is 5.00 Å². The molecule has 2 aromatic rings. The van der Waals surface area contributed by atoms with Crippen molar-refractivity contribution >= 4 is 28.5 Å². The van der Waals surface area contributed by atoms with Crippen LogP contribution in [0.25, 0.3) is 0 Å². The molecule has 10 heteroatoms. The Labute approximate surface area is 122 Å². The summed E-state index contributed by atoms with van der Waals surface area (Å²) in [5, 5.41) is 14.2. The van der Waals surface area contributed by atoms with Gasteiger partial charge in [-0.05, 0) is 13.0 Å². The highest BCUT2D eigenvalue weighted by atomic mass is 32.1. The van der Waals surface area contributed by atoms with Crippen LogP contribution in [-0.4, -0.2) is 28.6 Å². The van der Waals surface area contributed by atoms with Crippen LogP contribution in [-0.2, 0) is 0 Å². The summed E-state index contributed by atoms with van der Waals surface area (Å²) in [7, 11) is 0. The number of hydrogen-bond acceptors (Lipinski definition) is 8. The van der Waals surface area contributed by atoms with Gasteiger partial charge in [0.05, 0.1) is 22.6 Å². The number of carbonyl (C=O) groups is 1. The van der Waals surface area contributed by atoms with Crippen molar-refractivity contribution in [1.29, 1.82) is 0 Å². The number of oxazole rings is 1. The average molecular weight is 310 g/mol. The van der Waals surface area contributed by atoms with Gasteiger partial charge in [-0.15, -0.1) is 0 Å². The van der Waals surface area contributed by atoms with Crippen LogP contribution in [0.3, 0.4) is 0 Å². The summed E-state index contributed by atoms with van der Waals surface area (Å²) >= 11 is 0.940. The molecule has 0 unspecified atom stereocenters. The molecule has 110 valence electrons. The summed E-state index contributed by atoms with van der Waals surface area (Å²) in [6.45, 7) is 2.17. The molecule has 21 heavy (non-hydrogen) atoms. The van der Waals surface area contributed by atoms with Crippen molar-refractivity contribution in [2.75, 3.05) is 6.61 Å². The fourth-order valence-corrected chi connectivity index (χ4v) is 1.98. The van der Waals surface area contributed by atoms with Crippen LogP contribution in [0.15, 0.2) is 27.8 Å². The second kappa shape index (κ2) is 6.61. The van der Waals surface area contributed by atoms with Crippen LogP contribution in [0.5, 0.6) is 5.95 Å². The lowest BCUT2D eigenvalue weighted by Gasteiger charge is -1.95. The third-order valence-corrected chi connectivity index (χ3v) is 3.09. The monoisotopic (exact) mass is 310 g/mol. The standard InChI is InChI=1S/C11H10N4O5S/c1-2-19-9-6-12-11(20-9)10(16)14-13-5-7-3-4-8(21-7)15(17)18/h3-6H,2H2,1H3,(H,14,16). The van der Waals surface area contributed by atoms with E-state index in [1.54, 1.807) is 6.92 Å². The number of amides is 1. The Balaban J connectivity index is 1.92. The fraction of sp³-hybridized carbons (Fsp3) is 0.182. The summed E-state index contributed by atoms with van der Waals surface area (Å²) in [4.78, 5) is 25.9. The molecule has 1 N–H and O–H groups in total. The van der Waals surface area contributed by atoms with Crippen LogP contribution in [0.1, 0.15) is 22.5 Å². The molecule has 2 heterocycles. The van der Waals surface area contributed by atoms with Crippen molar-refractivity contribution in [3.63, 3.8) is 0 Å². The summed E-state index contributed by atoms with van der Waals surface area (Å²) in [6, 6.07) is 2.88. The first kappa shape index (κ1) is 14.7. The number of aromatic nitrogens is 1. The predicted molar refractivity (Wildman–Crippen MR) is 73.7 cm³/mol. The van der Waals surface area contributed by atoms with E-state index in [0.717, 1.165) is 11.3 Å². The van der Waals surface area contributed by atoms with Gasteiger partial charge in [0.2, 0.25) is 0 Å². The van der Waals surface area contributed by atoms with Crippen LogP contribution >= 0.6 is 11.3 Å². The molecule has 0 spiro atoms. The molecule has 0 aromatic carbocycles. The van der Waals surface area contributed by atoms with Crippen molar-refractivity contribution in [2.24, 2.45) is 5.10 Å². The van der Waals surface area contributed by atoms with Gasteiger partial charge in [-0.2, -0.15) is 5.10 Å². The van der Waals surface area contributed by atoms with Gasteiger partial charge in [0.25, 0.3) is 5.89 Å². The zero-order chi connectivity index (χ0) is 15.2. The van der Waals surface area contributed by atoms with Crippen molar-refractivity contribution in [1.82, 2.24) is 10.4 Å². The molecule has 0 bridgehead atoms. The first-order valence-electron chi connectivity index (χ1n) is 5.76. The van der Waals surface area contributed by atoms with E-state index in [0.29, 0.717) is 11.5 Å². The number of ether oxygens (including phenoxy) is 1. The fourth-order valence-electron chi connectivity index (χ4n) is 1.29. The molecular weight excluding hydrogens is 300 g/mol. The molecule has 0 aliphatic heterocycles. The number of hydrogen-bond donors (Lipinski definition) is 1. The number of nitrogens with zero attached hydrogens (tertiary/aromatic N) is 3. The van der Waals surface area contributed by atoms with E-state index in [4.69, 9.17) is 9.15 Å². The predicted octanol–water partition coefficient (Wildman–Crippen LogP) is 1.81. The Morgan fingerprint density at radius 1 is 1.67 bits per heavy atom. The van der Waals surface area contributed by atoms with E-state index in [-0.39, 0.29) is 16.8 Å². The van der Waals surface area contributed by atoms with E-state index in [2.05, 4.69) is 15.5 Å². The highest BCUT2D eigenvalue weighted by molar-refractivity contribution is 7.16. The summed E-state index contributed by atoms with van der Waals surface area (Å²) < 4.78 is 10.0. The summed E-state index contributed by atoms with van der Waals surface area (Å²) in [5.74, 6) is -0.698. The van der Waals surface area contributed by atoms with Gasteiger partial charge in [0.15, 0.2) is 0 Å². The van der Waals surface area contributed by atoms with Crippen LogP contribution < -0.4 is 10.2 Å². The molecule has 0 atom stereocenters. The summed E-state index contributed by atoms with van der Waals surface area (Å²) in [5.41, 5.74) is 2.20. The van der Waals surface area contributed by atoms with E-state index in [1.165, 1.54) is 24.5 Å². The second-order valence-corrected chi connectivity index (χ2v) is 4.64. The van der Waals surface area contributed by atoms with Crippen LogP contribution in [0.2, 0.25) is 0 Å². The first-order valence-corrected chi connectivity index (χ1v) is 6.58. The maximum absolute atomic E-state index is 11.6. The van der Waals surface area contributed by atoms with Crippen LogP contribution in [0, 0.1) is 10.1 Å². The number of nitro groups is 1. The van der Waals surface area contributed by atoms with E-state index >= 15 is 0 Å².